The molecule has 11 heteroatoms. The molecular weight excluding hydrogens is 826 g/mol. The van der Waals surface area contributed by atoms with Gasteiger partial charge in [-0.05, 0) is 12.8 Å². The molecule has 0 heterocycles. The van der Waals surface area contributed by atoms with Crippen molar-refractivity contribution in [1.82, 2.24) is 0 Å². The van der Waals surface area contributed by atoms with E-state index in [1.165, 1.54) is 231 Å². The first-order valence-electron chi connectivity index (χ1n) is 27.6. The number of rotatable bonds is 54. The highest BCUT2D eigenvalue weighted by atomic mass is 31.2. The molecule has 0 saturated carbocycles. The third kappa shape index (κ3) is 48.9. The molecule has 382 valence electrons. The molecule has 0 aliphatic carbocycles. The monoisotopic (exact) mass is 932 g/mol. The van der Waals surface area contributed by atoms with Crippen LogP contribution < -0.4 is 5.73 Å². The zero-order chi connectivity index (χ0) is 46.9. The summed E-state index contributed by atoms with van der Waals surface area (Å²) in [6.07, 6.45) is 54.6. The van der Waals surface area contributed by atoms with Crippen molar-refractivity contribution in [3.63, 3.8) is 0 Å². The minimum Gasteiger partial charge on any atom is -0.480 e. The summed E-state index contributed by atoms with van der Waals surface area (Å²) < 4.78 is 33.6. The van der Waals surface area contributed by atoms with Crippen molar-refractivity contribution < 1.29 is 42.7 Å². The lowest BCUT2D eigenvalue weighted by Crippen LogP contribution is -2.34. The number of carboxylic acids is 1. The topological polar surface area (TPSA) is 155 Å². The van der Waals surface area contributed by atoms with E-state index in [1.807, 2.05) is 0 Å². The van der Waals surface area contributed by atoms with Crippen molar-refractivity contribution in [3.8, 4) is 0 Å². The van der Waals surface area contributed by atoms with Crippen molar-refractivity contribution in [1.29, 1.82) is 0 Å². The Labute approximate surface area is 395 Å². The molecule has 0 aromatic heterocycles. The number of unbranched alkanes of at least 4 members (excludes halogenated alkanes) is 40. The molecule has 10 nitrogen and oxygen atoms in total. The molecular formula is C53H106NO9P. The standard InChI is InChI=1S/C53H106NO9P/c1-3-5-7-9-11-13-15-17-19-21-22-23-24-25-26-27-28-29-30-31-33-35-37-39-41-43-45-52(55)63-50(48-61-64(58,59)62-49-51(54)53(56)57)47-60-46-44-42-40-38-36-34-32-20-18-16-14-12-10-8-6-4-2/h50-51H,3-49,54H2,1-2H3,(H,56,57)(H,58,59)/t50-,51+/m1/s1. The zero-order valence-electron chi connectivity index (χ0n) is 42.2. The Kier molecular flexibility index (Phi) is 49.1. The van der Waals surface area contributed by atoms with Gasteiger partial charge in [0.05, 0.1) is 19.8 Å². The number of esters is 1. The number of ether oxygens (including phenoxy) is 2. The summed E-state index contributed by atoms with van der Waals surface area (Å²) in [6, 6.07) is -1.47. The quantitative estimate of drug-likeness (QED) is 0.0305. The van der Waals surface area contributed by atoms with E-state index in [0.717, 1.165) is 38.5 Å². The van der Waals surface area contributed by atoms with Crippen molar-refractivity contribution in [2.45, 2.75) is 302 Å². The van der Waals surface area contributed by atoms with Crippen LogP contribution in [-0.4, -0.2) is 60.5 Å². The van der Waals surface area contributed by atoms with E-state index in [4.69, 9.17) is 29.4 Å². The Morgan fingerprint density at radius 2 is 0.719 bits per heavy atom. The predicted molar refractivity (Wildman–Crippen MR) is 268 cm³/mol. The van der Waals surface area contributed by atoms with Gasteiger partial charge in [0.1, 0.15) is 12.1 Å². The van der Waals surface area contributed by atoms with Crippen molar-refractivity contribution >= 4 is 19.8 Å². The number of hydrogen-bond donors (Lipinski definition) is 3. The summed E-state index contributed by atoms with van der Waals surface area (Å²) in [7, 11) is -4.61. The van der Waals surface area contributed by atoms with E-state index >= 15 is 0 Å². The van der Waals surface area contributed by atoms with Gasteiger partial charge in [0.15, 0.2) is 0 Å². The van der Waals surface area contributed by atoms with Crippen LogP contribution in [0.5, 0.6) is 0 Å². The lowest BCUT2D eigenvalue weighted by molar-refractivity contribution is -0.154. The van der Waals surface area contributed by atoms with Crippen molar-refractivity contribution in [2.24, 2.45) is 5.73 Å². The van der Waals surface area contributed by atoms with Crippen molar-refractivity contribution in [3.05, 3.63) is 0 Å². The fourth-order valence-electron chi connectivity index (χ4n) is 8.37. The maximum Gasteiger partial charge on any atom is 0.472 e. The molecule has 4 N–H and O–H groups in total. The highest BCUT2D eigenvalue weighted by Crippen LogP contribution is 2.43. The van der Waals surface area contributed by atoms with Crippen molar-refractivity contribution in [2.75, 3.05) is 26.4 Å². The number of hydrogen-bond acceptors (Lipinski definition) is 8. The molecule has 0 spiro atoms. The first kappa shape index (κ1) is 63.0. The second-order valence-corrected chi connectivity index (χ2v) is 20.5. The molecule has 0 saturated heterocycles. The summed E-state index contributed by atoms with van der Waals surface area (Å²) in [5.41, 5.74) is 5.38. The second kappa shape index (κ2) is 49.9. The maximum atomic E-state index is 12.7. The number of carbonyl (C=O) groups is 2. The number of phosphoric ester groups is 1. The molecule has 0 fully saturated rings. The van der Waals surface area contributed by atoms with Crippen LogP contribution in [0.2, 0.25) is 0 Å². The lowest BCUT2D eigenvalue weighted by Gasteiger charge is -2.20. The number of carboxylic acid groups (broad SMARTS) is 1. The van der Waals surface area contributed by atoms with Crippen LogP contribution in [0.4, 0.5) is 0 Å². The summed E-state index contributed by atoms with van der Waals surface area (Å²) >= 11 is 0. The van der Waals surface area contributed by atoms with Crippen LogP contribution in [0.3, 0.4) is 0 Å². The smallest absolute Gasteiger partial charge is 0.472 e. The molecule has 0 amide bonds. The third-order valence-corrected chi connectivity index (χ3v) is 13.6. The summed E-state index contributed by atoms with van der Waals surface area (Å²) in [6.45, 7) is 3.97. The highest BCUT2D eigenvalue weighted by molar-refractivity contribution is 7.47. The van der Waals surface area contributed by atoms with E-state index in [2.05, 4.69) is 13.8 Å². The maximum absolute atomic E-state index is 12.7. The van der Waals surface area contributed by atoms with Gasteiger partial charge in [-0.15, -0.1) is 0 Å². The number of aliphatic carboxylic acids is 1. The third-order valence-electron chi connectivity index (χ3n) is 12.6. The Morgan fingerprint density at radius 3 is 1.03 bits per heavy atom. The molecule has 64 heavy (non-hydrogen) atoms. The van der Waals surface area contributed by atoms with E-state index < -0.39 is 45.1 Å². The molecule has 0 aliphatic heterocycles. The van der Waals surface area contributed by atoms with Crippen LogP contribution in [0.15, 0.2) is 0 Å². The Balaban J connectivity index is 3.99. The number of nitrogens with two attached hydrogens (primary N) is 1. The largest absolute Gasteiger partial charge is 0.480 e. The molecule has 0 rings (SSSR count). The van der Waals surface area contributed by atoms with Crippen LogP contribution >= 0.6 is 7.82 Å². The van der Waals surface area contributed by atoms with Gasteiger partial charge in [-0.3, -0.25) is 18.6 Å². The second-order valence-electron chi connectivity index (χ2n) is 19.1. The van der Waals surface area contributed by atoms with Gasteiger partial charge in [0.25, 0.3) is 0 Å². The Hall–Kier alpha value is -1.03. The van der Waals surface area contributed by atoms with E-state index in [-0.39, 0.29) is 13.0 Å². The van der Waals surface area contributed by atoms with Gasteiger partial charge in [-0.2, -0.15) is 0 Å². The van der Waals surface area contributed by atoms with Gasteiger partial charge in [0, 0.05) is 13.0 Å². The van der Waals surface area contributed by atoms with Crippen LogP contribution in [0.1, 0.15) is 290 Å². The van der Waals surface area contributed by atoms with E-state index in [1.54, 1.807) is 0 Å². The number of carbonyl (C=O) groups excluding carboxylic acids is 1. The molecule has 0 aliphatic rings. The SMILES string of the molecule is CCCCCCCCCCCCCCCCCCCCCCCCCCCCC(=O)O[C@H](COCCCCCCCCCCCCCCCCCC)COP(=O)(O)OC[C@H](N)C(=O)O. The molecule has 0 radical (unpaired) electrons. The van der Waals surface area contributed by atoms with Crippen LogP contribution in [0.25, 0.3) is 0 Å². The first-order chi connectivity index (χ1) is 31.2. The van der Waals surface area contributed by atoms with E-state index in [9.17, 15) is 19.0 Å². The summed E-state index contributed by atoms with van der Waals surface area (Å²) in [5, 5.41) is 8.93. The fourth-order valence-corrected chi connectivity index (χ4v) is 9.15. The Morgan fingerprint density at radius 1 is 0.438 bits per heavy atom. The number of phosphoric acid groups is 1. The zero-order valence-corrected chi connectivity index (χ0v) is 43.1. The highest BCUT2D eigenvalue weighted by Gasteiger charge is 2.27. The van der Waals surface area contributed by atoms with Gasteiger partial charge in [0.2, 0.25) is 0 Å². The van der Waals surface area contributed by atoms with Crippen LogP contribution in [0, 0.1) is 0 Å². The molecule has 0 aromatic carbocycles. The van der Waals surface area contributed by atoms with Gasteiger partial charge in [-0.25, -0.2) is 4.57 Å². The van der Waals surface area contributed by atoms with Gasteiger partial charge < -0.3 is 25.2 Å². The molecule has 1 unspecified atom stereocenters. The molecule has 0 bridgehead atoms. The Bertz CT molecular complexity index is 1030. The molecule has 0 aromatic rings. The van der Waals surface area contributed by atoms with E-state index in [0.29, 0.717) is 6.61 Å². The summed E-state index contributed by atoms with van der Waals surface area (Å²) in [5.74, 6) is -1.76. The van der Waals surface area contributed by atoms with Crippen LogP contribution in [-0.2, 0) is 32.7 Å². The average molecular weight is 932 g/mol. The average Bonchev–Trinajstić information content (AvgIpc) is 3.28. The normalized spacial score (nSPS) is 13.6. The lowest BCUT2D eigenvalue weighted by atomic mass is 10.0. The van der Waals surface area contributed by atoms with Gasteiger partial charge in [-0.1, -0.05) is 271 Å². The first-order valence-corrected chi connectivity index (χ1v) is 29.1. The predicted octanol–water partition coefficient (Wildman–Crippen LogP) is 16.3. The van der Waals surface area contributed by atoms with Gasteiger partial charge >= 0.3 is 19.8 Å². The minimum atomic E-state index is -4.61. The molecule has 3 atom stereocenters. The minimum absolute atomic E-state index is 0.0264. The fraction of sp³-hybridized carbons (Fsp3) is 0.962. The summed E-state index contributed by atoms with van der Waals surface area (Å²) in [4.78, 5) is 33.7.